The van der Waals surface area contributed by atoms with Crippen molar-refractivity contribution in [2.75, 3.05) is 7.05 Å². The average Bonchev–Trinajstić information content (AvgIpc) is 2.28. The summed E-state index contributed by atoms with van der Waals surface area (Å²) in [4.78, 5) is 22.4. The smallest absolute Gasteiger partial charge is 0.339 e. The summed E-state index contributed by atoms with van der Waals surface area (Å²) in [6.07, 6.45) is 0. The number of primary amides is 1. The third kappa shape index (κ3) is 2.43. The number of carbonyl (C=O) groups is 2. The van der Waals surface area contributed by atoms with Gasteiger partial charge in [-0.25, -0.2) is 18.0 Å². The van der Waals surface area contributed by atoms with Crippen LogP contribution >= 0.6 is 0 Å². The molecular formula is C10H13N3O4S. The lowest BCUT2D eigenvalue weighted by atomic mass is 10.2. The molecule has 98 valence electrons. The summed E-state index contributed by atoms with van der Waals surface area (Å²) in [6.45, 7) is 1.55. The quantitative estimate of drug-likeness (QED) is 0.811. The molecule has 0 spiro atoms. The van der Waals surface area contributed by atoms with Gasteiger partial charge in [-0.15, -0.1) is 4.31 Å². The molecule has 8 heteroatoms. The maximum atomic E-state index is 12.2. The van der Waals surface area contributed by atoms with Gasteiger partial charge < -0.3 is 11.1 Å². The van der Waals surface area contributed by atoms with E-state index in [0.29, 0.717) is 5.56 Å². The molecule has 0 aromatic heterocycles. The second-order valence-corrected chi connectivity index (χ2v) is 5.18. The summed E-state index contributed by atoms with van der Waals surface area (Å²) >= 11 is 0. The zero-order valence-electron chi connectivity index (χ0n) is 9.88. The first-order valence-electron chi connectivity index (χ1n) is 4.94. The van der Waals surface area contributed by atoms with Crippen molar-refractivity contribution in [3.8, 4) is 0 Å². The molecule has 0 aliphatic rings. The summed E-state index contributed by atoms with van der Waals surface area (Å²) in [5, 5.41) is 2.05. The molecule has 0 aliphatic carbocycles. The maximum Gasteiger partial charge on any atom is 0.339 e. The van der Waals surface area contributed by atoms with Gasteiger partial charge in [-0.05, 0) is 18.6 Å². The molecule has 0 radical (unpaired) electrons. The first-order valence-corrected chi connectivity index (χ1v) is 6.38. The van der Waals surface area contributed by atoms with Gasteiger partial charge in [0.25, 0.3) is 10.0 Å². The van der Waals surface area contributed by atoms with Crippen LogP contribution < -0.4 is 11.1 Å². The average molecular weight is 271 g/mol. The van der Waals surface area contributed by atoms with Crippen LogP contribution in [0.5, 0.6) is 0 Å². The highest BCUT2D eigenvalue weighted by Crippen LogP contribution is 2.19. The lowest BCUT2D eigenvalue weighted by Gasteiger charge is -2.18. The van der Waals surface area contributed by atoms with Crippen LogP contribution in [-0.4, -0.2) is 31.8 Å². The summed E-state index contributed by atoms with van der Waals surface area (Å²) in [7, 11) is -3.10. The van der Waals surface area contributed by atoms with E-state index in [1.165, 1.54) is 19.2 Å². The highest BCUT2D eigenvalue weighted by molar-refractivity contribution is 7.90. The fourth-order valence-corrected chi connectivity index (χ4v) is 2.84. The van der Waals surface area contributed by atoms with Gasteiger partial charge in [0.1, 0.15) is 0 Å². The SMILES string of the molecule is CNC(=O)N(C(N)=O)S(=O)(=O)c1ccccc1C. The Bertz CT molecular complexity index is 583. The Morgan fingerprint density at radius 3 is 2.28 bits per heavy atom. The number of imide groups is 1. The molecule has 4 amide bonds. The molecule has 0 saturated heterocycles. The number of sulfonamides is 1. The Hall–Kier alpha value is -2.09. The van der Waals surface area contributed by atoms with E-state index in [-0.39, 0.29) is 9.20 Å². The topological polar surface area (TPSA) is 110 Å². The lowest BCUT2D eigenvalue weighted by molar-refractivity contribution is 0.214. The number of hydrogen-bond acceptors (Lipinski definition) is 4. The molecule has 7 nitrogen and oxygen atoms in total. The summed E-state index contributed by atoms with van der Waals surface area (Å²) in [5.74, 6) is 0. The molecule has 0 atom stereocenters. The van der Waals surface area contributed by atoms with Crippen molar-refractivity contribution >= 4 is 22.1 Å². The van der Waals surface area contributed by atoms with Crippen LogP contribution in [0.1, 0.15) is 5.56 Å². The second-order valence-electron chi connectivity index (χ2n) is 3.43. The predicted molar refractivity (Wildman–Crippen MR) is 64.2 cm³/mol. The number of benzene rings is 1. The van der Waals surface area contributed by atoms with Crippen LogP contribution in [-0.2, 0) is 10.0 Å². The van der Waals surface area contributed by atoms with Crippen LogP contribution in [0.2, 0.25) is 0 Å². The Morgan fingerprint density at radius 2 is 1.83 bits per heavy atom. The summed E-state index contributed by atoms with van der Waals surface area (Å²) in [6, 6.07) is 3.51. The summed E-state index contributed by atoms with van der Waals surface area (Å²) in [5.41, 5.74) is 5.34. The molecule has 1 aromatic rings. The zero-order valence-corrected chi connectivity index (χ0v) is 10.7. The van der Waals surface area contributed by atoms with Gasteiger partial charge >= 0.3 is 12.1 Å². The molecule has 18 heavy (non-hydrogen) atoms. The van der Waals surface area contributed by atoms with Gasteiger partial charge in [0.05, 0.1) is 4.90 Å². The number of urea groups is 2. The fraction of sp³-hybridized carbons (Fsp3) is 0.200. The van der Waals surface area contributed by atoms with Crippen molar-refractivity contribution in [2.24, 2.45) is 5.73 Å². The van der Waals surface area contributed by atoms with Crippen LogP contribution in [0, 0.1) is 6.92 Å². The van der Waals surface area contributed by atoms with Crippen LogP contribution in [0.25, 0.3) is 0 Å². The molecule has 0 saturated carbocycles. The van der Waals surface area contributed by atoms with Gasteiger partial charge in [-0.3, -0.25) is 0 Å². The van der Waals surface area contributed by atoms with Gasteiger partial charge in [0.15, 0.2) is 0 Å². The Balaban J connectivity index is 3.40. The largest absolute Gasteiger partial charge is 0.350 e. The van der Waals surface area contributed by atoms with Crippen molar-refractivity contribution < 1.29 is 18.0 Å². The number of nitrogens with one attached hydrogen (secondary N) is 1. The number of aryl methyl sites for hydroxylation is 1. The molecule has 1 aromatic carbocycles. The van der Waals surface area contributed by atoms with E-state index in [1.807, 2.05) is 5.32 Å². The molecule has 0 bridgehead atoms. The maximum absolute atomic E-state index is 12.2. The molecule has 0 aliphatic heterocycles. The van der Waals surface area contributed by atoms with E-state index in [0.717, 1.165) is 0 Å². The first-order chi connectivity index (χ1) is 8.32. The normalized spacial score (nSPS) is 10.8. The first kappa shape index (κ1) is 14.0. The number of amides is 4. The number of nitrogens with two attached hydrogens (primary N) is 1. The van der Waals surface area contributed by atoms with Crippen molar-refractivity contribution in [3.05, 3.63) is 29.8 Å². The van der Waals surface area contributed by atoms with Crippen molar-refractivity contribution in [1.29, 1.82) is 0 Å². The highest BCUT2D eigenvalue weighted by atomic mass is 32.2. The number of carbonyl (C=O) groups excluding carboxylic acids is 2. The molecule has 0 fully saturated rings. The van der Waals surface area contributed by atoms with Crippen molar-refractivity contribution in [2.45, 2.75) is 11.8 Å². The van der Waals surface area contributed by atoms with Crippen LogP contribution in [0.15, 0.2) is 29.2 Å². The monoisotopic (exact) mass is 271 g/mol. The predicted octanol–water partition coefficient (Wildman–Crippen LogP) is 0.404. The zero-order chi connectivity index (χ0) is 13.9. The van der Waals surface area contributed by atoms with Crippen LogP contribution in [0.4, 0.5) is 9.59 Å². The van der Waals surface area contributed by atoms with E-state index in [2.05, 4.69) is 0 Å². The van der Waals surface area contributed by atoms with Gasteiger partial charge in [-0.1, -0.05) is 18.2 Å². The van der Waals surface area contributed by atoms with E-state index >= 15 is 0 Å². The van der Waals surface area contributed by atoms with Crippen LogP contribution in [0.3, 0.4) is 0 Å². The molecule has 0 unspecified atom stereocenters. The van der Waals surface area contributed by atoms with Crippen molar-refractivity contribution in [1.82, 2.24) is 9.62 Å². The minimum Gasteiger partial charge on any atom is -0.350 e. The van der Waals surface area contributed by atoms with Gasteiger partial charge in [-0.2, -0.15) is 0 Å². The Labute approximate surface area is 105 Å². The second kappa shape index (κ2) is 5.05. The number of hydrogen-bond donors (Lipinski definition) is 2. The molecular weight excluding hydrogens is 258 g/mol. The third-order valence-electron chi connectivity index (χ3n) is 2.21. The minimum atomic E-state index is -4.30. The molecule has 1 rings (SSSR count). The minimum absolute atomic E-state index is 0.00463. The van der Waals surface area contributed by atoms with E-state index in [1.54, 1.807) is 19.1 Å². The standard InChI is InChI=1S/C10H13N3O4S/c1-7-5-3-4-6-8(7)18(16,17)13(9(11)14)10(15)12-2/h3-6H,1-2H3,(H2,11,14)(H,12,15). The molecule has 0 heterocycles. The van der Waals surface area contributed by atoms with E-state index in [9.17, 15) is 18.0 Å². The fourth-order valence-electron chi connectivity index (χ4n) is 1.37. The highest BCUT2D eigenvalue weighted by Gasteiger charge is 2.34. The summed E-state index contributed by atoms with van der Waals surface area (Å²) < 4.78 is 24.3. The van der Waals surface area contributed by atoms with E-state index in [4.69, 9.17) is 5.73 Å². The van der Waals surface area contributed by atoms with Gasteiger partial charge in [0.2, 0.25) is 0 Å². The number of rotatable bonds is 2. The molecule has 3 N–H and O–H groups in total. The number of nitrogens with zero attached hydrogens (tertiary/aromatic N) is 1. The van der Waals surface area contributed by atoms with Gasteiger partial charge in [0, 0.05) is 7.05 Å². The third-order valence-corrected chi connectivity index (χ3v) is 4.05. The lowest BCUT2D eigenvalue weighted by Crippen LogP contribution is -2.48. The van der Waals surface area contributed by atoms with Crippen molar-refractivity contribution in [3.63, 3.8) is 0 Å². The van der Waals surface area contributed by atoms with E-state index < -0.39 is 22.1 Å². The Morgan fingerprint density at radius 1 is 1.28 bits per heavy atom. The Kier molecular flexibility index (Phi) is 3.92.